The van der Waals surface area contributed by atoms with Gasteiger partial charge in [-0.3, -0.25) is 0 Å². The Morgan fingerprint density at radius 2 is 1.90 bits per heavy atom. The minimum absolute atomic E-state index is 0.170. The Hall–Kier alpha value is -1.39. The van der Waals surface area contributed by atoms with E-state index in [1.165, 1.54) is 11.6 Å². The summed E-state index contributed by atoms with van der Waals surface area (Å²) in [5.41, 5.74) is 8.61. The molecule has 4 heteroatoms. The van der Waals surface area contributed by atoms with E-state index in [0.717, 1.165) is 16.6 Å². The van der Waals surface area contributed by atoms with Crippen LogP contribution in [0.2, 0.25) is 0 Å². The molecule has 2 aromatic rings. The van der Waals surface area contributed by atoms with Crippen molar-refractivity contribution in [3.05, 3.63) is 63.9 Å². The molecule has 106 valence electrons. The molecule has 0 saturated heterocycles. The summed E-state index contributed by atoms with van der Waals surface area (Å²) in [5.74, 6) is -0.170. The Morgan fingerprint density at radius 3 is 2.60 bits per heavy atom. The van der Waals surface area contributed by atoms with Gasteiger partial charge in [0.1, 0.15) is 5.82 Å². The number of nitrogens with zero attached hydrogens (tertiary/aromatic N) is 1. The summed E-state index contributed by atoms with van der Waals surface area (Å²) < 4.78 is 14.8. The van der Waals surface area contributed by atoms with E-state index in [4.69, 9.17) is 5.73 Å². The van der Waals surface area contributed by atoms with Crippen LogP contribution in [0.15, 0.2) is 46.9 Å². The van der Waals surface area contributed by atoms with Gasteiger partial charge in [-0.2, -0.15) is 0 Å². The monoisotopic (exact) mass is 336 g/mol. The van der Waals surface area contributed by atoms with Gasteiger partial charge in [0, 0.05) is 29.3 Å². The van der Waals surface area contributed by atoms with Crippen molar-refractivity contribution in [2.75, 3.05) is 18.5 Å². The van der Waals surface area contributed by atoms with Crippen LogP contribution in [-0.4, -0.2) is 13.6 Å². The molecule has 0 radical (unpaired) electrons. The van der Waals surface area contributed by atoms with E-state index in [1.807, 2.05) is 31.3 Å². The molecule has 0 amide bonds. The molecule has 2 aromatic carbocycles. The van der Waals surface area contributed by atoms with Gasteiger partial charge in [-0.25, -0.2) is 4.39 Å². The average Bonchev–Trinajstić information content (AvgIpc) is 2.42. The Balaban J connectivity index is 2.25. The highest BCUT2D eigenvalue weighted by Gasteiger charge is 2.10. The Bertz CT molecular complexity index is 586. The van der Waals surface area contributed by atoms with Gasteiger partial charge >= 0.3 is 0 Å². The molecule has 2 nitrogen and oxygen atoms in total. The molecule has 0 heterocycles. The minimum atomic E-state index is -0.170. The Labute approximate surface area is 127 Å². The molecule has 0 unspecified atom stereocenters. The molecule has 20 heavy (non-hydrogen) atoms. The van der Waals surface area contributed by atoms with Crippen LogP contribution in [0.25, 0.3) is 0 Å². The normalized spacial score (nSPS) is 10.6. The summed E-state index contributed by atoms with van der Waals surface area (Å²) in [7, 11) is 1.97. The van der Waals surface area contributed by atoms with Gasteiger partial charge in [0.15, 0.2) is 0 Å². The summed E-state index contributed by atoms with van der Waals surface area (Å²) in [4.78, 5) is 2.05. The van der Waals surface area contributed by atoms with Gasteiger partial charge in [-0.1, -0.05) is 34.1 Å². The van der Waals surface area contributed by atoms with Gasteiger partial charge in [-0.05, 0) is 42.8 Å². The number of anilines is 1. The topological polar surface area (TPSA) is 29.3 Å². The smallest absolute Gasteiger partial charge is 0.128 e. The molecule has 0 saturated carbocycles. The molecule has 0 atom stereocenters. The van der Waals surface area contributed by atoms with E-state index in [-0.39, 0.29) is 5.82 Å². The summed E-state index contributed by atoms with van der Waals surface area (Å²) in [6.07, 6.45) is 0.802. The molecule has 0 aliphatic heterocycles. The third-order valence-electron chi connectivity index (χ3n) is 3.23. The highest BCUT2D eigenvalue weighted by Crippen LogP contribution is 2.25. The van der Waals surface area contributed by atoms with Gasteiger partial charge < -0.3 is 10.6 Å². The molecular weight excluding hydrogens is 319 g/mol. The molecule has 0 bridgehead atoms. The van der Waals surface area contributed by atoms with Crippen molar-refractivity contribution in [3.63, 3.8) is 0 Å². The summed E-state index contributed by atoms with van der Waals surface area (Å²) in [5, 5.41) is 0. The van der Waals surface area contributed by atoms with Gasteiger partial charge in [0.05, 0.1) is 0 Å². The van der Waals surface area contributed by atoms with Crippen LogP contribution in [0.5, 0.6) is 0 Å². The second-order valence-electron chi connectivity index (χ2n) is 4.76. The number of nitrogens with two attached hydrogens (primary N) is 1. The minimum Gasteiger partial charge on any atom is -0.370 e. The molecule has 0 aliphatic rings. The van der Waals surface area contributed by atoms with E-state index < -0.39 is 0 Å². The van der Waals surface area contributed by atoms with Gasteiger partial charge in [-0.15, -0.1) is 0 Å². The second-order valence-corrected chi connectivity index (χ2v) is 5.67. The fraction of sp³-hybridized carbons (Fsp3) is 0.250. The second kappa shape index (κ2) is 6.86. The molecule has 0 aromatic heterocycles. The molecular formula is C16H18BrFN2. The summed E-state index contributed by atoms with van der Waals surface area (Å²) >= 11 is 3.47. The van der Waals surface area contributed by atoms with Crippen molar-refractivity contribution < 1.29 is 4.39 Å². The lowest BCUT2D eigenvalue weighted by molar-refractivity contribution is 0.608. The molecule has 0 aliphatic carbocycles. The predicted octanol–water partition coefficient (Wildman–Crippen LogP) is 3.73. The third-order valence-corrected chi connectivity index (χ3v) is 3.73. The zero-order chi connectivity index (χ0) is 14.5. The van der Waals surface area contributed by atoms with Crippen molar-refractivity contribution in [2.24, 2.45) is 5.73 Å². The molecule has 0 fully saturated rings. The standard InChI is InChI=1S/C16H18BrFN2/c1-20(11-13-4-2-3-5-15(13)18)16-7-6-14(17)10-12(16)8-9-19/h2-7,10H,8-9,11,19H2,1H3. The van der Waals surface area contributed by atoms with Crippen LogP contribution in [0.4, 0.5) is 10.1 Å². The number of hydrogen-bond acceptors (Lipinski definition) is 2. The fourth-order valence-corrected chi connectivity index (χ4v) is 2.66. The first-order valence-corrected chi connectivity index (χ1v) is 7.34. The molecule has 0 spiro atoms. The Morgan fingerprint density at radius 1 is 1.15 bits per heavy atom. The Kier molecular flexibility index (Phi) is 5.15. The lowest BCUT2D eigenvalue weighted by Crippen LogP contribution is -2.19. The number of halogens is 2. The van der Waals surface area contributed by atoms with Gasteiger partial charge in [0.2, 0.25) is 0 Å². The maximum absolute atomic E-state index is 13.7. The van der Waals surface area contributed by atoms with Crippen LogP contribution >= 0.6 is 15.9 Å². The van der Waals surface area contributed by atoms with E-state index in [2.05, 4.69) is 26.9 Å². The van der Waals surface area contributed by atoms with E-state index in [1.54, 1.807) is 6.07 Å². The first kappa shape index (κ1) is 15.0. The highest BCUT2D eigenvalue weighted by atomic mass is 79.9. The fourth-order valence-electron chi connectivity index (χ4n) is 2.25. The predicted molar refractivity (Wildman–Crippen MR) is 85.4 cm³/mol. The van der Waals surface area contributed by atoms with Crippen molar-refractivity contribution >= 4 is 21.6 Å². The van der Waals surface area contributed by atoms with Crippen LogP contribution < -0.4 is 10.6 Å². The van der Waals surface area contributed by atoms with Crippen LogP contribution in [0.3, 0.4) is 0 Å². The van der Waals surface area contributed by atoms with E-state index in [9.17, 15) is 4.39 Å². The zero-order valence-electron chi connectivity index (χ0n) is 11.4. The maximum atomic E-state index is 13.7. The van der Waals surface area contributed by atoms with Gasteiger partial charge in [0.25, 0.3) is 0 Å². The van der Waals surface area contributed by atoms with Crippen molar-refractivity contribution in [1.29, 1.82) is 0 Å². The highest BCUT2D eigenvalue weighted by molar-refractivity contribution is 9.10. The van der Waals surface area contributed by atoms with E-state index in [0.29, 0.717) is 18.7 Å². The van der Waals surface area contributed by atoms with Crippen molar-refractivity contribution in [1.82, 2.24) is 0 Å². The summed E-state index contributed by atoms with van der Waals surface area (Å²) in [6.45, 7) is 1.13. The molecule has 2 rings (SSSR count). The first-order valence-electron chi connectivity index (χ1n) is 6.55. The first-order chi connectivity index (χ1) is 9.61. The van der Waals surface area contributed by atoms with Crippen LogP contribution in [0.1, 0.15) is 11.1 Å². The van der Waals surface area contributed by atoms with Crippen molar-refractivity contribution in [3.8, 4) is 0 Å². The van der Waals surface area contributed by atoms with Crippen LogP contribution in [0, 0.1) is 5.82 Å². The average molecular weight is 337 g/mol. The summed E-state index contributed by atoms with van der Waals surface area (Å²) in [6, 6.07) is 13.0. The zero-order valence-corrected chi connectivity index (χ0v) is 13.0. The maximum Gasteiger partial charge on any atom is 0.128 e. The number of rotatable bonds is 5. The third kappa shape index (κ3) is 3.58. The van der Waals surface area contributed by atoms with Crippen LogP contribution in [-0.2, 0) is 13.0 Å². The number of benzene rings is 2. The lowest BCUT2D eigenvalue weighted by atomic mass is 10.1. The lowest BCUT2D eigenvalue weighted by Gasteiger charge is -2.23. The van der Waals surface area contributed by atoms with E-state index >= 15 is 0 Å². The molecule has 2 N–H and O–H groups in total. The largest absolute Gasteiger partial charge is 0.370 e. The van der Waals surface area contributed by atoms with Crippen molar-refractivity contribution in [2.45, 2.75) is 13.0 Å². The quantitative estimate of drug-likeness (QED) is 0.901. The SMILES string of the molecule is CN(Cc1ccccc1F)c1ccc(Br)cc1CCN. The number of hydrogen-bond donors (Lipinski definition) is 1.